The van der Waals surface area contributed by atoms with Gasteiger partial charge in [0.25, 0.3) is 0 Å². The summed E-state index contributed by atoms with van der Waals surface area (Å²) in [5.41, 5.74) is 5.64. The van der Waals surface area contributed by atoms with E-state index >= 15 is 0 Å². The van der Waals surface area contributed by atoms with E-state index in [0.29, 0.717) is 11.5 Å². The summed E-state index contributed by atoms with van der Waals surface area (Å²) < 4.78 is 33.4. The smallest absolute Gasteiger partial charge is 0.327 e. The van der Waals surface area contributed by atoms with Crippen LogP contribution >= 0.6 is 15.2 Å². The van der Waals surface area contributed by atoms with Gasteiger partial charge in [0.15, 0.2) is 0 Å². The van der Waals surface area contributed by atoms with Crippen LogP contribution in [0.5, 0.6) is 0 Å². The Morgan fingerprint density at radius 2 is 1.02 bits per heavy atom. The van der Waals surface area contributed by atoms with Crippen LogP contribution in [0.15, 0.2) is 114 Å². The molecule has 0 radical (unpaired) electrons. The molecule has 0 unspecified atom stereocenters. The van der Waals surface area contributed by atoms with Gasteiger partial charge in [0, 0.05) is 56.7 Å². The first-order valence-corrected chi connectivity index (χ1v) is 20.1. The highest BCUT2D eigenvalue weighted by molar-refractivity contribution is 7.52. The van der Waals surface area contributed by atoms with Crippen LogP contribution in [0, 0.1) is 0 Å². The second-order valence-electron chi connectivity index (χ2n) is 12.7. The van der Waals surface area contributed by atoms with Crippen LogP contribution < -0.4 is 0 Å². The molecule has 0 aliphatic carbocycles. The van der Waals surface area contributed by atoms with Crippen LogP contribution in [-0.4, -0.2) is 41.0 Å². The van der Waals surface area contributed by atoms with Crippen molar-refractivity contribution in [2.45, 2.75) is 13.1 Å². The molecule has 51 heavy (non-hydrogen) atoms. The molecule has 0 saturated carbocycles. The largest absolute Gasteiger partial charge is 0.457 e. The minimum atomic E-state index is -4.18. The molecule has 0 spiro atoms. The minimum absolute atomic E-state index is 0.205. The molecule has 3 aromatic heterocycles. The van der Waals surface area contributed by atoms with E-state index in [1.165, 1.54) is 0 Å². The predicted molar refractivity (Wildman–Crippen MR) is 207 cm³/mol. The third-order valence-electron chi connectivity index (χ3n) is 9.33. The zero-order valence-electron chi connectivity index (χ0n) is 27.3. The molecule has 4 N–H and O–H groups in total. The molecular weight excluding hydrogens is 682 g/mol. The lowest BCUT2D eigenvalue weighted by molar-refractivity contribution is 0.368. The number of hydrogen-bond donors (Lipinski definition) is 4. The van der Waals surface area contributed by atoms with Crippen molar-refractivity contribution < 1.29 is 33.1 Å². The van der Waals surface area contributed by atoms with Crippen LogP contribution in [-0.2, 0) is 22.2 Å². The Morgan fingerprint density at radius 3 is 1.67 bits per heavy atom. The van der Waals surface area contributed by atoms with E-state index in [1.54, 1.807) is 0 Å². The summed E-state index contributed by atoms with van der Waals surface area (Å²) in [5, 5.41) is 6.29. The summed E-state index contributed by atoms with van der Waals surface area (Å²) >= 11 is 0. The number of aromatic nitrogens is 2. The average Bonchev–Trinajstić information content (AvgIpc) is 3.79. The maximum absolute atomic E-state index is 11.8. The van der Waals surface area contributed by atoms with Crippen molar-refractivity contribution in [1.29, 1.82) is 0 Å². The number of aryl methyl sites for hydroxylation is 2. The van der Waals surface area contributed by atoms with E-state index in [2.05, 4.69) is 24.3 Å². The summed E-state index contributed by atoms with van der Waals surface area (Å²) in [5.74, 6) is 1.38. The van der Waals surface area contributed by atoms with Crippen molar-refractivity contribution >= 4 is 93.9 Å². The molecule has 0 atom stereocenters. The lowest BCUT2D eigenvalue weighted by Gasteiger charge is -2.09. The van der Waals surface area contributed by atoms with Gasteiger partial charge in [0.1, 0.15) is 11.5 Å². The Kier molecular flexibility index (Phi) is 8.44. The zero-order chi connectivity index (χ0) is 35.3. The normalized spacial score (nSPS) is 13.0. The van der Waals surface area contributed by atoms with Crippen LogP contribution in [0.4, 0.5) is 0 Å². The average molecular weight is 717 g/mol. The van der Waals surface area contributed by atoms with Crippen molar-refractivity contribution in [2.24, 2.45) is 0 Å². The Hall–Kier alpha value is -4.98. The molecule has 0 bridgehead atoms. The molecule has 0 amide bonds. The SMILES string of the molecule is O=P(O)(O)CCn1c2ccccc2c2cc(/C=C/c3ccc(/C=C/c4ccc5c(c4)c4c6ccccc6ccc4n5CCP(=O)(O)O)o3)ccc21. The Morgan fingerprint density at radius 1 is 0.510 bits per heavy atom. The van der Waals surface area contributed by atoms with Crippen molar-refractivity contribution in [3.8, 4) is 0 Å². The zero-order valence-corrected chi connectivity index (χ0v) is 29.1. The lowest BCUT2D eigenvalue weighted by Crippen LogP contribution is -2.02. The van der Waals surface area contributed by atoms with Gasteiger partial charge < -0.3 is 33.1 Å². The molecule has 8 aromatic rings. The molecule has 8 rings (SSSR count). The predicted octanol–water partition coefficient (Wildman–Crippen LogP) is 9.34. The van der Waals surface area contributed by atoms with Gasteiger partial charge in [-0.15, -0.1) is 0 Å². The standard InChI is InChI=1S/C40H34N2O7P2/c43-50(44,45)23-21-41-36-8-4-3-7-33(36)34-25-27(11-18-37(34)41)9-14-30-16-17-31(49-30)15-10-28-12-19-38-35(26-28)40-32-6-2-1-5-29(32)13-20-39(40)42(38)22-24-51(46,47)48/h1-20,25-26H,21-24H2,(H2,43,44,45)(H2,46,47,48)/b14-9+,15-10+. The number of benzene rings is 5. The van der Waals surface area contributed by atoms with Crippen LogP contribution in [0.1, 0.15) is 22.6 Å². The minimum Gasteiger partial charge on any atom is -0.457 e. The van der Waals surface area contributed by atoms with Gasteiger partial charge in [-0.25, -0.2) is 0 Å². The number of rotatable bonds is 10. The Bertz CT molecular complexity index is 2780. The molecule has 5 aromatic carbocycles. The molecular formula is C40H34N2O7P2. The fourth-order valence-electron chi connectivity index (χ4n) is 7.01. The second kappa shape index (κ2) is 13.0. The van der Waals surface area contributed by atoms with Crippen LogP contribution in [0.3, 0.4) is 0 Å². The topological polar surface area (TPSA) is 138 Å². The maximum Gasteiger partial charge on any atom is 0.327 e. The van der Waals surface area contributed by atoms with Gasteiger partial charge in [0.2, 0.25) is 0 Å². The highest BCUT2D eigenvalue weighted by Crippen LogP contribution is 2.39. The first-order chi connectivity index (χ1) is 24.5. The number of hydrogen-bond acceptors (Lipinski definition) is 3. The summed E-state index contributed by atoms with van der Waals surface area (Å²) in [6, 6.07) is 36.1. The first-order valence-electron chi connectivity index (χ1n) is 16.5. The lowest BCUT2D eigenvalue weighted by atomic mass is 10.0. The van der Waals surface area contributed by atoms with Crippen molar-refractivity contribution in [2.75, 3.05) is 12.3 Å². The van der Waals surface area contributed by atoms with Gasteiger partial charge in [-0.05, 0) is 82.6 Å². The molecule has 11 heteroatoms. The van der Waals surface area contributed by atoms with Gasteiger partial charge in [-0.2, -0.15) is 0 Å². The third kappa shape index (κ3) is 6.76. The van der Waals surface area contributed by atoms with Gasteiger partial charge in [0.05, 0.1) is 12.3 Å². The molecule has 3 heterocycles. The molecule has 0 fully saturated rings. The van der Waals surface area contributed by atoms with E-state index in [1.807, 2.05) is 118 Å². The van der Waals surface area contributed by atoms with E-state index in [9.17, 15) is 28.7 Å². The summed E-state index contributed by atoms with van der Waals surface area (Å²) in [6.07, 6.45) is 7.34. The first kappa shape index (κ1) is 33.2. The number of nitrogens with zero attached hydrogens (tertiary/aromatic N) is 2. The van der Waals surface area contributed by atoms with E-state index in [4.69, 9.17) is 4.42 Å². The van der Waals surface area contributed by atoms with Gasteiger partial charge in [-0.3, -0.25) is 9.13 Å². The van der Waals surface area contributed by atoms with Crippen molar-refractivity contribution in [3.05, 3.63) is 132 Å². The second-order valence-corrected chi connectivity index (χ2v) is 16.3. The maximum atomic E-state index is 11.8. The van der Waals surface area contributed by atoms with Crippen LogP contribution in [0.25, 0.3) is 78.7 Å². The van der Waals surface area contributed by atoms with Gasteiger partial charge in [-0.1, -0.05) is 72.8 Å². The monoisotopic (exact) mass is 716 g/mol. The highest BCUT2D eigenvalue weighted by atomic mass is 31.2. The third-order valence-corrected chi connectivity index (χ3v) is 10.9. The summed E-state index contributed by atoms with van der Waals surface area (Å²) in [4.78, 5) is 38.2. The molecule has 0 aliphatic heterocycles. The van der Waals surface area contributed by atoms with Crippen molar-refractivity contribution in [3.63, 3.8) is 0 Å². The van der Waals surface area contributed by atoms with E-state index < -0.39 is 15.2 Å². The van der Waals surface area contributed by atoms with E-state index in [0.717, 1.165) is 65.5 Å². The molecule has 0 aliphatic rings. The quantitative estimate of drug-likeness (QED) is 0.104. The Balaban J connectivity index is 1.07. The molecule has 0 saturated heterocycles. The fourth-order valence-corrected chi connectivity index (χ4v) is 7.93. The summed E-state index contributed by atoms with van der Waals surface area (Å²) in [6.45, 7) is 0.427. The van der Waals surface area contributed by atoms with Gasteiger partial charge >= 0.3 is 15.2 Å². The summed E-state index contributed by atoms with van der Waals surface area (Å²) in [7, 11) is -8.32. The molecule has 9 nitrogen and oxygen atoms in total. The number of furan rings is 1. The number of para-hydroxylation sites is 1. The van der Waals surface area contributed by atoms with E-state index in [-0.39, 0.29) is 25.4 Å². The molecule has 256 valence electrons. The Labute approximate surface area is 292 Å². The van der Waals surface area contributed by atoms with Crippen LogP contribution in [0.2, 0.25) is 0 Å². The number of fused-ring (bicyclic) bond motifs is 8. The fraction of sp³-hybridized carbons (Fsp3) is 0.100. The highest BCUT2D eigenvalue weighted by Gasteiger charge is 2.19. The van der Waals surface area contributed by atoms with Crippen molar-refractivity contribution in [1.82, 2.24) is 9.13 Å².